The number of halogens is 3. The van der Waals surface area contributed by atoms with Crippen LogP contribution in [0.25, 0.3) is 11.8 Å². The molecule has 1 aromatic heterocycles. The van der Waals surface area contributed by atoms with Gasteiger partial charge in [-0.05, 0) is 53.6 Å². The standard InChI is InChI=1S/C20H16F3N5OS/c1-11(2)12-5-7-13(8-6-12)27-9-3-4-14(27)10-15-16(24)28-19(25-17(15)29)30-18(26-28)20(21,22)23/h3-11,24H,1-2H3/b15-10-,24-16?. The Labute approximate surface area is 174 Å². The van der Waals surface area contributed by atoms with E-state index in [1.165, 1.54) is 11.6 Å². The lowest BCUT2D eigenvalue weighted by Crippen LogP contribution is -2.35. The van der Waals surface area contributed by atoms with Gasteiger partial charge in [0.15, 0.2) is 5.84 Å². The maximum absolute atomic E-state index is 12.9. The molecule has 0 unspecified atom stereocenters. The highest BCUT2D eigenvalue weighted by Gasteiger charge is 2.46. The fourth-order valence-electron chi connectivity index (χ4n) is 3.02. The van der Waals surface area contributed by atoms with E-state index in [0.29, 0.717) is 11.6 Å². The van der Waals surface area contributed by atoms with Gasteiger partial charge in [0, 0.05) is 17.6 Å². The van der Waals surface area contributed by atoms with Crippen molar-refractivity contribution in [2.45, 2.75) is 25.9 Å². The molecule has 1 amide bonds. The maximum Gasteiger partial charge on any atom is 0.441 e. The summed E-state index contributed by atoms with van der Waals surface area (Å²) in [6, 6.07) is 11.4. The van der Waals surface area contributed by atoms with Crippen LogP contribution in [0.15, 0.2) is 58.3 Å². The first-order chi connectivity index (χ1) is 14.1. The maximum atomic E-state index is 12.9. The van der Waals surface area contributed by atoms with Crippen LogP contribution in [0.4, 0.5) is 13.2 Å². The number of rotatable bonds is 3. The molecular weight excluding hydrogens is 415 g/mol. The number of carbonyl (C=O) groups excluding carboxylic acids is 1. The number of nitrogens with zero attached hydrogens (tertiary/aromatic N) is 4. The number of nitrogens with one attached hydrogen (secondary N) is 1. The Morgan fingerprint density at radius 1 is 1.17 bits per heavy atom. The quantitative estimate of drug-likeness (QED) is 0.711. The summed E-state index contributed by atoms with van der Waals surface area (Å²) in [7, 11) is 0. The van der Waals surface area contributed by atoms with Gasteiger partial charge in [0.1, 0.15) is 0 Å². The Hall–Kier alpha value is -3.14. The zero-order chi connectivity index (χ0) is 21.6. The minimum Gasteiger partial charge on any atom is -0.317 e. The summed E-state index contributed by atoms with van der Waals surface area (Å²) < 4.78 is 40.6. The number of aliphatic imine (C=N–C) groups is 1. The summed E-state index contributed by atoms with van der Waals surface area (Å²) in [6.45, 7) is 4.19. The highest BCUT2D eigenvalue weighted by Crippen LogP contribution is 2.35. The van der Waals surface area contributed by atoms with Crippen LogP contribution in [0.2, 0.25) is 0 Å². The highest BCUT2D eigenvalue weighted by atomic mass is 32.2. The lowest BCUT2D eigenvalue weighted by molar-refractivity contribution is -0.114. The minimum absolute atomic E-state index is 0.134. The fraction of sp³-hybridized carbons (Fsp3) is 0.200. The fourth-order valence-corrected chi connectivity index (χ4v) is 3.78. The van der Waals surface area contributed by atoms with Crippen molar-refractivity contribution in [1.29, 1.82) is 5.41 Å². The predicted molar refractivity (Wildman–Crippen MR) is 111 cm³/mol. The number of benzene rings is 1. The van der Waals surface area contributed by atoms with E-state index in [1.54, 1.807) is 18.3 Å². The summed E-state index contributed by atoms with van der Waals surface area (Å²) in [4.78, 5) is 16.1. The molecule has 0 fully saturated rings. The number of hydrazone groups is 1. The molecule has 0 atom stereocenters. The molecular formula is C20H16F3N5OS. The Kier molecular flexibility index (Phi) is 4.89. The van der Waals surface area contributed by atoms with Crippen molar-refractivity contribution >= 4 is 39.8 Å². The lowest BCUT2D eigenvalue weighted by atomic mass is 10.0. The van der Waals surface area contributed by atoms with Crippen LogP contribution in [0.1, 0.15) is 31.0 Å². The van der Waals surface area contributed by atoms with Crippen molar-refractivity contribution in [3.63, 3.8) is 0 Å². The van der Waals surface area contributed by atoms with Crippen molar-refractivity contribution < 1.29 is 18.0 Å². The monoisotopic (exact) mass is 431 g/mol. The Morgan fingerprint density at radius 2 is 1.87 bits per heavy atom. The zero-order valence-electron chi connectivity index (χ0n) is 15.9. The molecule has 0 saturated heterocycles. The first-order valence-electron chi connectivity index (χ1n) is 9.00. The molecule has 0 saturated carbocycles. The largest absolute Gasteiger partial charge is 0.441 e. The van der Waals surface area contributed by atoms with E-state index in [1.807, 2.05) is 28.8 Å². The van der Waals surface area contributed by atoms with Crippen molar-refractivity contribution in [2.24, 2.45) is 10.1 Å². The number of thioether (sulfide) groups is 1. The second-order valence-electron chi connectivity index (χ2n) is 6.97. The van der Waals surface area contributed by atoms with E-state index in [4.69, 9.17) is 5.41 Å². The summed E-state index contributed by atoms with van der Waals surface area (Å²) in [6.07, 6.45) is -1.43. The molecule has 0 spiro atoms. The SMILES string of the molecule is CC(C)c1ccc(-n2cccc2/C=C2/C(=N)N3N=C(C(F)(F)F)SC3=NC2=O)cc1. The first-order valence-corrected chi connectivity index (χ1v) is 9.82. The summed E-state index contributed by atoms with van der Waals surface area (Å²) >= 11 is 0.229. The number of amidine groups is 2. The Morgan fingerprint density at radius 3 is 2.50 bits per heavy atom. The second kappa shape index (κ2) is 7.28. The van der Waals surface area contributed by atoms with Crippen molar-refractivity contribution in [3.8, 4) is 5.69 Å². The van der Waals surface area contributed by atoms with Crippen LogP contribution in [0.5, 0.6) is 0 Å². The van der Waals surface area contributed by atoms with Crippen LogP contribution < -0.4 is 0 Å². The molecule has 1 aromatic carbocycles. The first kappa shape index (κ1) is 20.1. The zero-order valence-corrected chi connectivity index (χ0v) is 16.8. The summed E-state index contributed by atoms with van der Waals surface area (Å²) in [5.74, 6) is -0.835. The van der Waals surface area contributed by atoms with Crippen LogP contribution >= 0.6 is 11.8 Å². The minimum atomic E-state index is -4.67. The highest BCUT2D eigenvalue weighted by molar-refractivity contribution is 8.27. The van der Waals surface area contributed by atoms with Gasteiger partial charge in [-0.25, -0.2) is 0 Å². The number of carbonyl (C=O) groups is 1. The Balaban J connectivity index is 1.69. The van der Waals surface area contributed by atoms with E-state index in [9.17, 15) is 18.0 Å². The van der Waals surface area contributed by atoms with E-state index in [-0.39, 0.29) is 22.5 Å². The molecule has 2 aliphatic rings. The number of hydrogen-bond acceptors (Lipinski definition) is 4. The van der Waals surface area contributed by atoms with E-state index in [2.05, 4.69) is 23.9 Å². The third kappa shape index (κ3) is 3.58. The summed E-state index contributed by atoms with van der Waals surface area (Å²) in [5.41, 5.74) is 2.49. The third-order valence-corrected chi connectivity index (χ3v) is 5.56. The van der Waals surface area contributed by atoms with E-state index >= 15 is 0 Å². The normalized spacial score (nSPS) is 18.2. The average Bonchev–Trinajstić information content (AvgIpc) is 3.32. The third-order valence-electron chi connectivity index (χ3n) is 4.61. The van der Waals surface area contributed by atoms with Gasteiger partial charge in [0.05, 0.1) is 5.57 Å². The lowest BCUT2D eigenvalue weighted by Gasteiger charge is -2.20. The smallest absolute Gasteiger partial charge is 0.317 e. The van der Waals surface area contributed by atoms with Crippen LogP contribution in [-0.4, -0.2) is 37.7 Å². The number of alkyl halides is 3. The molecule has 3 heterocycles. The Bertz CT molecular complexity index is 1130. The molecule has 30 heavy (non-hydrogen) atoms. The van der Waals surface area contributed by atoms with Crippen LogP contribution in [0.3, 0.4) is 0 Å². The van der Waals surface area contributed by atoms with Gasteiger partial charge < -0.3 is 4.57 Å². The molecule has 0 radical (unpaired) electrons. The second-order valence-corrected chi connectivity index (χ2v) is 7.93. The molecule has 0 aliphatic carbocycles. The predicted octanol–water partition coefficient (Wildman–Crippen LogP) is 4.78. The molecule has 2 aromatic rings. The van der Waals surface area contributed by atoms with Gasteiger partial charge in [0.25, 0.3) is 5.91 Å². The van der Waals surface area contributed by atoms with Gasteiger partial charge in [-0.3, -0.25) is 10.2 Å². The van der Waals surface area contributed by atoms with Gasteiger partial charge in [0.2, 0.25) is 10.2 Å². The molecule has 1 N–H and O–H groups in total. The van der Waals surface area contributed by atoms with Crippen molar-refractivity contribution in [1.82, 2.24) is 9.58 Å². The molecule has 2 aliphatic heterocycles. The number of amides is 1. The van der Waals surface area contributed by atoms with Crippen LogP contribution in [-0.2, 0) is 4.79 Å². The molecule has 0 bridgehead atoms. The van der Waals surface area contributed by atoms with Gasteiger partial charge in [-0.1, -0.05) is 26.0 Å². The van der Waals surface area contributed by atoms with Gasteiger partial charge in [-0.15, -0.1) is 0 Å². The number of fused-ring (bicyclic) bond motifs is 1. The van der Waals surface area contributed by atoms with Crippen LogP contribution in [0, 0.1) is 5.41 Å². The molecule has 10 heteroatoms. The van der Waals surface area contributed by atoms with Crippen molar-refractivity contribution in [2.75, 3.05) is 0 Å². The topological polar surface area (TPSA) is 73.8 Å². The molecule has 154 valence electrons. The summed E-state index contributed by atoms with van der Waals surface area (Å²) in [5, 5.41) is 10.9. The van der Waals surface area contributed by atoms with Gasteiger partial charge in [-0.2, -0.15) is 28.3 Å². The van der Waals surface area contributed by atoms with E-state index in [0.717, 1.165) is 10.7 Å². The van der Waals surface area contributed by atoms with E-state index < -0.39 is 23.0 Å². The average molecular weight is 431 g/mol. The van der Waals surface area contributed by atoms with Gasteiger partial charge >= 0.3 is 6.18 Å². The number of aromatic nitrogens is 1. The molecule has 6 nitrogen and oxygen atoms in total. The molecule has 4 rings (SSSR count). The number of hydrogen-bond donors (Lipinski definition) is 1. The van der Waals surface area contributed by atoms with Crippen molar-refractivity contribution in [3.05, 3.63) is 59.4 Å².